The third-order valence-electron chi connectivity index (χ3n) is 4.31. The van der Waals surface area contributed by atoms with Crippen LogP contribution in [-0.2, 0) is 0 Å². The van der Waals surface area contributed by atoms with Gasteiger partial charge in [0.1, 0.15) is 17.0 Å². The highest BCUT2D eigenvalue weighted by atomic mass is 35.5. The van der Waals surface area contributed by atoms with E-state index < -0.39 is 0 Å². The first-order valence-electron chi connectivity index (χ1n) is 9.27. The summed E-state index contributed by atoms with van der Waals surface area (Å²) >= 11 is 7.61. The molecule has 0 saturated heterocycles. The molecule has 1 aromatic heterocycles. The van der Waals surface area contributed by atoms with Crippen molar-refractivity contribution in [1.29, 1.82) is 0 Å². The Balaban J connectivity index is 2.06. The molecule has 154 valence electrons. The number of methoxy groups -OCH3 is 1. The van der Waals surface area contributed by atoms with Crippen molar-refractivity contribution in [3.63, 3.8) is 0 Å². The minimum Gasteiger partial charge on any atom is -0.496 e. The van der Waals surface area contributed by atoms with Crippen LogP contribution in [0, 0.1) is 0 Å². The summed E-state index contributed by atoms with van der Waals surface area (Å²) in [5.74, 6) is 0.987. The minimum atomic E-state index is -0.205. The second kappa shape index (κ2) is 9.43. The molecular weight excluding hydrogens is 410 g/mol. The molecule has 1 heterocycles. The number of anilines is 1. The maximum absolute atomic E-state index is 13.5. The molecule has 1 amide bonds. The van der Waals surface area contributed by atoms with E-state index in [2.05, 4.69) is 0 Å². The second-order valence-corrected chi connectivity index (χ2v) is 8.08. The van der Waals surface area contributed by atoms with Gasteiger partial charge in [-0.15, -0.1) is 0 Å². The van der Waals surface area contributed by atoms with Crippen LogP contribution < -0.4 is 14.4 Å². The van der Waals surface area contributed by atoms with Crippen molar-refractivity contribution in [1.82, 2.24) is 9.88 Å². The monoisotopic (exact) mass is 433 g/mol. The van der Waals surface area contributed by atoms with Gasteiger partial charge in [-0.2, -0.15) is 0 Å². The number of aromatic nitrogens is 1. The normalized spacial score (nSPS) is 11.1. The van der Waals surface area contributed by atoms with Gasteiger partial charge in [-0.25, -0.2) is 4.98 Å². The van der Waals surface area contributed by atoms with Crippen molar-refractivity contribution in [2.45, 2.75) is 6.92 Å². The van der Waals surface area contributed by atoms with E-state index >= 15 is 0 Å². The number of carbonyl (C=O) groups is 1. The molecule has 8 heteroatoms. The number of rotatable bonds is 8. The number of hydrogen-bond donors (Lipinski definition) is 0. The summed E-state index contributed by atoms with van der Waals surface area (Å²) in [6.07, 6.45) is 0. The van der Waals surface area contributed by atoms with E-state index in [0.29, 0.717) is 46.9 Å². The van der Waals surface area contributed by atoms with E-state index in [9.17, 15) is 4.79 Å². The largest absolute Gasteiger partial charge is 0.496 e. The van der Waals surface area contributed by atoms with Crippen molar-refractivity contribution < 1.29 is 14.3 Å². The van der Waals surface area contributed by atoms with Gasteiger partial charge in [0.15, 0.2) is 5.13 Å². The van der Waals surface area contributed by atoms with Crippen LogP contribution in [0.3, 0.4) is 0 Å². The molecule has 0 radical (unpaired) electrons. The Hall–Kier alpha value is -2.35. The van der Waals surface area contributed by atoms with Gasteiger partial charge in [0.05, 0.1) is 24.0 Å². The van der Waals surface area contributed by atoms with Gasteiger partial charge >= 0.3 is 0 Å². The quantitative estimate of drug-likeness (QED) is 0.521. The van der Waals surface area contributed by atoms with Gasteiger partial charge in [-0.3, -0.25) is 9.69 Å². The zero-order valence-electron chi connectivity index (χ0n) is 16.9. The molecule has 3 rings (SSSR count). The molecule has 0 aliphatic carbocycles. The van der Waals surface area contributed by atoms with Crippen molar-refractivity contribution in [3.8, 4) is 11.5 Å². The first-order valence-corrected chi connectivity index (χ1v) is 10.5. The van der Waals surface area contributed by atoms with Gasteiger partial charge in [0.25, 0.3) is 5.91 Å². The van der Waals surface area contributed by atoms with Crippen LogP contribution in [0.5, 0.6) is 11.5 Å². The zero-order valence-corrected chi connectivity index (χ0v) is 18.5. The summed E-state index contributed by atoms with van der Waals surface area (Å²) in [6, 6.07) is 10.8. The molecule has 6 nitrogen and oxygen atoms in total. The molecule has 0 aliphatic rings. The van der Waals surface area contributed by atoms with Crippen LogP contribution in [0.4, 0.5) is 5.13 Å². The molecule has 0 atom stereocenters. The number of para-hydroxylation sites is 1. The standard InChI is InChI=1S/C21H24ClN3O3S/c1-5-28-17-7-6-8-18-19(17)23-21(29-18)25(12-11-24(2)3)20(26)15-13-14(22)9-10-16(15)27-4/h6-10,13H,5,11-12H2,1-4H3. The Morgan fingerprint density at radius 1 is 1.17 bits per heavy atom. The topological polar surface area (TPSA) is 54.9 Å². The van der Waals surface area contributed by atoms with Gasteiger partial charge in [0.2, 0.25) is 0 Å². The number of thiazole rings is 1. The number of amides is 1. The average molecular weight is 434 g/mol. The number of halogens is 1. The lowest BCUT2D eigenvalue weighted by Crippen LogP contribution is -2.37. The highest BCUT2D eigenvalue weighted by Gasteiger charge is 2.25. The van der Waals surface area contributed by atoms with E-state index in [1.54, 1.807) is 23.1 Å². The van der Waals surface area contributed by atoms with Crippen molar-refractivity contribution in [2.75, 3.05) is 45.8 Å². The van der Waals surface area contributed by atoms with Crippen molar-refractivity contribution in [2.24, 2.45) is 0 Å². The molecular formula is C21H24ClN3O3S. The number of fused-ring (bicyclic) bond motifs is 1. The molecule has 0 N–H and O–H groups in total. The van der Waals surface area contributed by atoms with Gasteiger partial charge in [-0.1, -0.05) is 29.0 Å². The number of hydrogen-bond acceptors (Lipinski definition) is 6. The maximum Gasteiger partial charge on any atom is 0.263 e. The predicted octanol–water partition coefficient (Wildman–Crippen LogP) is 4.57. The summed E-state index contributed by atoms with van der Waals surface area (Å²) in [7, 11) is 5.47. The third kappa shape index (κ3) is 4.80. The number of benzene rings is 2. The molecule has 3 aromatic rings. The van der Waals surface area contributed by atoms with Gasteiger partial charge in [-0.05, 0) is 51.4 Å². The van der Waals surface area contributed by atoms with Crippen LogP contribution in [0.15, 0.2) is 36.4 Å². The van der Waals surface area contributed by atoms with Crippen LogP contribution in [0.1, 0.15) is 17.3 Å². The Labute approximate surface area is 179 Å². The van der Waals surface area contributed by atoms with Crippen LogP contribution in [0.2, 0.25) is 5.02 Å². The van der Waals surface area contributed by atoms with E-state index in [-0.39, 0.29) is 5.91 Å². The minimum absolute atomic E-state index is 0.205. The second-order valence-electron chi connectivity index (χ2n) is 6.64. The molecule has 2 aromatic carbocycles. The van der Waals surface area contributed by atoms with E-state index in [0.717, 1.165) is 10.2 Å². The predicted molar refractivity (Wildman–Crippen MR) is 119 cm³/mol. The third-order valence-corrected chi connectivity index (χ3v) is 5.59. The fourth-order valence-corrected chi connectivity index (χ4v) is 4.06. The Kier molecular flexibility index (Phi) is 6.95. The highest BCUT2D eigenvalue weighted by Crippen LogP contribution is 2.35. The molecule has 0 fully saturated rings. The lowest BCUT2D eigenvalue weighted by atomic mass is 10.1. The van der Waals surface area contributed by atoms with Gasteiger partial charge < -0.3 is 14.4 Å². The highest BCUT2D eigenvalue weighted by molar-refractivity contribution is 7.22. The average Bonchev–Trinajstić information content (AvgIpc) is 3.13. The van der Waals surface area contributed by atoms with Crippen LogP contribution in [0.25, 0.3) is 10.2 Å². The summed E-state index contributed by atoms with van der Waals surface area (Å²) in [6.45, 7) is 3.65. The molecule has 0 spiro atoms. The smallest absolute Gasteiger partial charge is 0.263 e. The first kappa shape index (κ1) is 21.4. The first-order chi connectivity index (χ1) is 13.9. The lowest BCUT2D eigenvalue weighted by Gasteiger charge is -2.23. The number of carbonyl (C=O) groups excluding carboxylic acids is 1. The number of nitrogens with zero attached hydrogens (tertiary/aromatic N) is 3. The molecule has 0 saturated carbocycles. The molecule has 0 aliphatic heterocycles. The zero-order chi connectivity index (χ0) is 21.0. The summed E-state index contributed by atoms with van der Waals surface area (Å²) < 4.78 is 12.1. The molecule has 0 bridgehead atoms. The van der Waals surface area contributed by atoms with Crippen molar-refractivity contribution >= 4 is 44.2 Å². The SMILES string of the molecule is CCOc1cccc2sc(N(CCN(C)C)C(=O)c3cc(Cl)ccc3OC)nc12. The number of ether oxygens (including phenoxy) is 2. The van der Waals surface area contributed by atoms with E-state index in [1.807, 2.05) is 44.1 Å². The van der Waals surface area contributed by atoms with E-state index in [1.165, 1.54) is 18.4 Å². The fraction of sp³-hybridized carbons (Fsp3) is 0.333. The van der Waals surface area contributed by atoms with Crippen LogP contribution in [-0.4, -0.2) is 56.7 Å². The Morgan fingerprint density at radius 2 is 1.97 bits per heavy atom. The summed E-state index contributed by atoms with van der Waals surface area (Å²) in [5.41, 5.74) is 1.16. The fourth-order valence-electron chi connectivity index (χ4n) is 2.88. The molecule has 29 heavy (non-hydrogen) atoms. The summed E-state index contributed by atoms with van der Waals surface area (Å²) in [4.78, 5) is 21.9. The van der Waals surface area contributed by atoms with Gasteiger partial charge in [0, 0.05) is 18.1 Å². The summed E-state index contributed by atoms with van der Waals surface area (Å²) in [5, 5.41) is 1.09. The molecule has 0 unspecified atom stereocenters. The Morgan fingerprint density at radius 3 is 2.66 bits per heavy atom. The maximum atomic E-state index is 13.5. The number of likely N-dealkylation sites (N-methyl/N-ethyl adjacent to an activating group) is 1. The Bertz CT molecular complexity index is 1010. The lowest BCUT2D eigenvalue weighted by molar-refractivity contribution is 0.0982. The van der Waals surface area contributed by atoms with E-state index in [4.69, 9.17) is 26.1 Å². The van der Waals surface area contributed by atoms with Crippen molar-refractivity contribution in [3.05, 3.63) is 47.0 Å². The van der Waals surface area contributed by atoms with Crippen LogP contribution >= 0.6 is 22.9 Å².